The highest BCUT2D eigenvalue weighted by Gasteiger charge is 2.30. The van der Waals surface area contributed by atoms with E-state index in [9.17, 15) is 22.8 Å². The summed E-state index contributed by atoms with van der Waals surface area (Å²) in [6, 6.07) is 4.18. The molecule has 0 fully saturated rings. The molecule has 10 heteroatoms. The summed E-state index contributed by atoms with van der Waals surface area (Å²) in [6.07, 6.45) is -3.51. The molecule has 0 aliphatic carbocycles. The summed E-state index contributed by atoms with van der Waals surface area (Å²) in [5.74, 6) is -1.59. The summed E-state index contributed by atoms with van der Waals surface area (Å²) in [4.78, 5) is 24.5. The third-order valence-electron chi connectivity index (χ3n) is 3.60. The van der Waals surface area contributed by atoms with Gasteiger partial charge >= 0.3 is 12.1 Å². The van der Waals surface area contributed by atoms with Crippen LogP contribution >= 0.6 is 0 Å². The van der Waals surface area contributed by atoms with Gasteiger partial charge in [0.1, 0.15) is 0 Å². The van der Waals surface area contributed by atoms with Crippen LogP contribution < -0.4 is 0 Å². The second-order valence-electron chi connectivity index (χ2n) is 5.83. The lowest BCUT2D eigenvalue weighted by atomic mass is 10.2. The van der Waals surface area contributed by atoms with E-state index in [2.05, 4.69) is 10.3 Å². The lowest BCUT2D eigenvalue weighted by Gasteiger charge is -2.25. The van der Waals surface area contributed by atoms with E-state index in [0.717, 1.165) is 16.8 Å². The molecule has 0 saturated carbocycles. The molecular weight excluding hydrogens is 353 g/mol. The highest BCUT2D eigenvalue weighted by atomic mass is 19.4. The molecule has 2 aromatic rings. The van der Waals surface area contributed by atoms with Crippen molar-refractivity contribution in [2.75, 3.05) is 6.54 Å². The van der Waals surface area contributed by atoms with Crippen LogP contribution in [0.3, 0.4) is 0 Å². The zero-order valence-corrected chi connectivity index (χ0v) is 14.1. The molecule has 1 N–H and O–H groups in total. The molecule has 2 rings (SSSR count). The maximum Gasteiger partial charge on any atom is 0.416 e. The van der Waals surface area contributed by atoms with Crippen LogP contribution in [0, 0.1) is 0 Å². The van der Waals surface area contributed by atoms with Crippen molar-refractivity contribution in [1.82, 2.24) is 19.9 Å². The van der Waals surface area contributed by atoms with E-state index in [1.54, 1.807) is 13.8 Å². The highest BCUT2D eigenvalue weighted by Crippen LogP contribution is 2.30. The Balaban J connectivity index is 2.25. The van der Waals surface area contributed by atoms with Gasteiger partial charge in [0.25, 0.3) is 5.91 Å². The summed E-state index contributed by atoms with van der Waals surface area (Å²) < 4.78 is 39.5. The molecule has 0 atom stereocenters. The fraction of sp³-hybridized carbons (Fsp3) is 0.375. The van der Waals surface area contributed by atoms with Gasteiger partial charge in [-0.25, -0.2) is 4.68 Å². The predicted molar refractivity (Wildman–Crippen MR) is 84.8 cm³/mol. The summed E-state index contributed by atoms with van der Waals surface area (Å²) in [5.41, 5.74) is -0.821. The van der Waals surface area contributed by atoms with Crippen LogP contribution in [0.4, 0.5) is 13.2 Å². The molecule has 26 heavy (non-hydrogen) atoms. The Morgan fingerprint density at radius 2 is 2.00 bits per heavy atom. The van der Waals surface area contributed by atoms with Crippen molar-refractivity contribution in [3.63, 3.8) is 0 Å². The summed E-state index contributed by atoms with van der Waals surface area (Å²) in [6.45, 7) is 3.43. The number of alkyl halides is 3. The Labute approximate surface area is 147 Å². The lowest BCUT2D eigenvalue weighted by Crippen LogP contribution is -2.38. The molecular formula is C16H17F3N4O3. The third-order valence-corrected chi connectivity index (χ3v) is 3.60. The first kappa shape index (κ1) is 19.4. The molecule has 0 bridgehead atoms. The zero-order chi connectivity index (χ0) is 19.5. The van der Waals surface area contributed by atoms with Crippen LogP contribution in [0.25, 0.3) is 5.69 Å². The number of carbonyl (C=O) groups excluding carboxylic acids is 1. The number of carboxylic acid groups (broad SMARTS) is 1. The number of benzene rings is 1. The van der Waals surface area contributed by atoms with Gasteiger partial charge in [0.15, 0.2) is 5.69 Å². The number of hydrogen-bond donors (Lipinski definition) is 1. The topological polar surface area (TPSA) is 88.3 Å². The molecule has 1 aromatic carbocycles. The standard InChI is InChI=1S/C16H17F3N4O3/c1-10(2)22(7-6-14(24)25)15(26)13-9-23(21-20-13)12-5-3-4-11(8-12)16(17,18)19/h3-5,8-10H,6-7H2,1-2H3,(H,24,25). The van der Waals surface area contributed by atoms with Crippen LogP contribution in [0.2, 0.25) is 0 Å². The van der Waals surface area contributed by atoms with E-state index in [1.165, 1.54) is 23.2 Å². The van der Waals surface area contributed by atoms with Crippen LogP contribution in [0.5, 0.6) is 0 Å². The van der Waals surface area contributed by atoms with Crippen molar-refractivity contribution in [1.29, 1.82) is 0 Å². The predicted octanol–water partition coefficient (Wildman–Crippen LogP) is 2.61. The first-order valence-corrected chi connectivity index (χ1v) is 7.72. The molecule has 0 radical (unpaired) electrons. The number of amides is 1. The van der Waals surface area contributed by atoms with Crippen molar-refractivity contribution in [3.05, 3.63) is 41.7 Å². The van der Waals surface area contributed by atoms with Crippen molar-refractivity contribution in [2.24, 2.45) is 0 Å². The monoisotopic (exact) mass is 370 g/mol. The van der Waals surface area contributed by atoms with Crippen molar-refractivity contribution in [2.45, 2.75) is 32.5 Å². The van der Waals surface area contributed by atoms with Crippen LogP contribution in [0.15, 0.2) is 30.5 Å². The van der Waals surface area contributed by atoms with E-state index >= 15 is 0 Å². The largest absolute Gasteiger partial charge is 0.481 e. The van der Waals surface area contributed by atoms with E-state index in [1.807, 2.05) is 0 Å². The van der Waals surface area contributed by atoms with Crippen LogP contribution in [-0.4, -0.2) is 49.5 Å². The maximum absolute atomic E-state index is 12.8. The normalized spacial score (nSPS) is 11.6. The first-order chi connectivity index (χ1) is 12.1. The van der Waals surface area contributed by atoms with Crippen molar-refractivity contribution < 1.29 is 27.9 Å². The second-order valence-corrected chi connectivity index (χ2v) is 5.83. The number of hydrogen-bond acceptors (Lipinski definition) is 4. The summed E-state index contributed by atoms with van der Waals surface area (Å²) >= 11 is 0. The lowest BCUT2D eigenvalue weighted by molar-refractivity contribution is -0.138. The van der Waals surface area contributed by atoms with E-state index in [0.29, 0.717) is 0 Å². The average molecular weight is 370 g/mol. The number of rotatable bonds is 6. The van der Waals surface area contributed by atoms with Gasteiger partial charge in [-0.3, -0.25) is 9.59 Å². The Bertz CT molecular complexity index is 802. The van der Waals surface area contributed by atoms with Crippen molar-refractivity contribution >= 4 is 11.9 Å². The molecule has 0 aliphatic rings. The number of carboxylic acids is 1. The molecule has 0 saturated heterocycles. The van der Waals surface area contributed by atoms with E-state index < -0.39 is 23.6 Å². The second kappa shape index (κ2) is 7.54. The fourth-order valence-electron chi connectivity index (χ4n) is 2.27. The minimum absolute atomic E-state index is 0.0117. The number of halogens is 3. The average Bonchev–Trinajstić information content (AvgIpc) is 3.03. The maximum atomic E-state index is 12.8. The number of carbonyl (C=O) groups is 2. The van der Waals surface area contributed by atoms with Gasteiger partial charge in [-0.1, -0.05) is 11.3 Å². The molecule has 0 aliphatic heterocycles. The van der Waals surface area contributed by atoms with E-state index in [-0.39, 0.29) is 30.4 Å². The zero-order valence-electron chi connectivity index (χ0n) is 14.1. The molecule has 1 aromatic heterocycles. The third kappa shape index (κ3) is 4.58. The van der Waals surface area contributed by atoms with Crippen LogP contribution in [-0.2, 0) is 11.0 Å². The van der Waals surface area contributed by atoms with E-state index in [4.69, 9.17) is 5.11 Å². The highest BCUT2D eigenvalue weighted by molar-refractivity contribution is 5.92. The quantitative estimate of drug-likeness (QED) is 0.844. The van der Waals surface area contributed by atoms with Gasteiger partial charge in [-0.05, 0) is 32.0 Å². The molecule has 1 amide bonds. The Morgan fingerprint density at radius 1 is 1.31 bits per heavy atom. The van der Waals surface area contributed by atoms with Crippen molar-refractivity contribution in [3.8, 4) is 5.69 Å². The fourth-order valence-corrected chi connectivity index (χ4v) is 2.27. The minimum atomic E-state index is -4.50. The van der Waals surface area contributed by atoms with Gasteiger partial charge in [0.05, 0.1) is 23.9 Å². The summed E-state index contributed by atoms with van der Waals surface area (Å²) in [7, 11) is 0. The van der Waals surface area contributed by atoms with Gasteiger partial charge < -0.3 is 10.0 Å². The molecule has 0 spiro atoms. The smallest absolute Gasteiger partial charge is 0.416 e. The molecule has 7 nitrogen and oxygen atoms in total. The summed E-state index contributed by atoms with van der Waals surface area (Å²) in [5, 5.41) is 16.2. The number of aromatic nitrogens is 3. The molecule has 0 unspecified atom stereocenters. The Morgan fingerprint density at radius 3 is 2.58 bits per heavy atom. The minimum Gasteiger partial charge on any atom is -0.481 e. The number of aliphatic carboxylic acids is 1. The first-order valence-electron chi connectivity index (χ1n) is 7.72. The van der Waals surface area contributed by atoms with Gasteiger partial charge in [0, 0.05) is 12.6 Å². The molecule has 1 heterocycles. The molecule has 140 valence electrons. The van der Waals surface area contributed by atoms with Gasteiger partial charge in [0.2, 0.25) is 0 Å². The Hall–Kier alpha value is -2.91. The number of nitrogens with zero attached hydrogens (tertiary/aromatic N) is 4. The van der Waals surface area contributed by atoms with Gasteiger partial charge in [-0.15, -0.1) is 5.10 Å². The SMILES string of the molecule is CC(C)N(CCC(=O)O)C(=O)c1cn(-c2cccc(C(F)(F)F)c2)nn1. The van der Waals surface area contributed by atoms with Crippen LogP contribution in [0.1, 0.15) is 36.3 Å². The Kier molecular flexibility index (Phi) is 5.63. The van der Waals surface area contributed by atoms with Gasteiger partial charge in [-0.2, -0.15) is 13.2 Å².